The molecule has 10 nitrogen and oxygen atoms in total. The van der Waals surface area contributed by atoms with E-state index in [1.807, 2.05) is 86.1 Å². The number of nitrogens with zero attached hydrogens (tertiary/aromatic N) is 1. The molecule has 1 saturated heterocycles. The molecule has 4 amide bonds. The van der Waals surface area contributed by atoms with E-state index in [0.717, 1.165) is 28.6 Å². The van der Waals surface area contributed by atoms with Gasteiger partial charge in [-0.05, 0) is 54.7 Å². The maximum absolute atomic E-state index is 13.6. The fraction of sp³-hybridized carbons (Fsp3) is 0.424. The summed E-state index contributed by atoms with van der Waals surface area (Å²) in [4.78, 5) is 65.5. The van der Waals surface area contributed by atoms with Gasteiger partial charge in [0.15, 0.2) is 0 Å². The minimum absolute atomic E-state index is 0.00650. The first kappa shape index (κ1) is 31.5. The average Bonchev–Trinajstić information content (AvgIpc) is 3.30. The van der Waals surface area contributed by atoms with Crippen LogP contribution in [-0.2, 0) is 44.0 Å². The third kappa shape index (κ3) is 8.53. The number of aromatic nitrogens is 1. The molecule has 0 saturated carbocycles. The number of rotatable bonds is 13. The maximum Gasteiger partial charge on any atom is 0.289 e. The van der Waals surface area contributed by atoms with Crippen LogP contribution in [-0.4, -0.2) is 52.6 Å². The third-order valence-corrected chi connectivity index (χ3v) is 7.82. The Morgan fingerprint density at radius 3 is 2.40 bits per heavy atom. The average molecular weight is 588 g/mol. The Morgan fingerprint density at radius 2 is 1.70 bits per heavy atom. The second-order valence-electron chi connectivity index (χ2n) is 11.6. The highest BCUT2D eigenvalue weighted by atomic mass is 16.2. The van der Waals surface area contributed by atoms with Crippen LogP contribution >= 0.6 is 0 Å². The summed E-state index contributed by atoms with van der Waals surface area (Å²) in [6.45, 7) is 4.57. The van der Waals surface area contributed by atoms with E-state index in [0.29, 0.717) is 19.4 Å². The molecule has 228 valence electrons. The van der Waals surface area contributed by atoms with Crippen LogP contribution < -0.4 is 21.3 Å². The minimum Gasteiger partial charge on any atom is -0.356 e. The number of fused-ring (bicyclic) bond motifs is 1. The van der Waals surface area contributed by atoms with E-state index in [9.17, 15) is 24.0 Å². The lowest BCUT2D eigenvalue weighted by Gasteiger charge is -2.28. The molecule has 4 rings (SSSR count). The number of para-hydroxylation sites is 1. The van der Waals surface area contributed by atoms with Gasteiger partial charge >= 0.3 is 0 Å². The number of Topliss-reactive ketones (excluding diaryl/α,β-unsaturated/α-hetero) is 1. The van der Waals surface area contributed by atoms with E-state index in [-0.39, 0.29) is 37.1 Å². The lowest BCUT2D eigenvalue weighted by molar-refractivity contribution is -0.141. The number of hydrogen-bond acceptors (Lipinski definition) is 5. The highest BCUT2D eigenvalue weighted by Gasteiger charge is 2.35. The van der Waals surface area contributed by atoms with Crippen LogP contribution in [0.4, 0.5) is 0 Å². The Balaban J connectivity index is 1.47. The maximum atomic E-state index is 13.6. The highest BCUT2D eigenvalue weighted by Crippen LogP contribution is 2.20. The predicted molar refractivity (Wildman–Crippen MR) is 164 cm³/mol. The zero-order valence-corrected chi connectivity index (χ0v) is 25.0. The molecule has 1 aliphatic heterocycles. The third-order valence-electron chi connectivity index (χ3n) is 7.82. The molecular formula is C33H41N5O5. The topological polar surface area (TPSA) is 138 Å². The summed E-state index contributed by atoms with van der Waals surface area (Å²) in [5.74, 6) is -3.23. The van der Waals surface area contributed by atoms with Crippen LogP contribution in [0.1, 0.15) is 50.8 Å². The van der Waals surface area contributed by atoms with Crippen molar-refractivity contribution in [2.24, 2.45) is 18.9 Å². The Labute approximate surface area is 252 Å². The van der Waals surface area contributed by atoms with Gasteiger partial charge in [-0.2, -0.15) is 0 Å². The molecule has 1 aliphatic rings. The van der Waals surface area contributed by atoms with Crippen LogP contribution in [0.25, 0.3) is 10.9 Å². The van der Waals surface area contributed by atoms with E-state index < -0.39 is 35.6 Å². The van der Waals surface area contributed by atoms with Gasteiger partial charge < -0.3 is 25.8 Å². The molecule has 10 heteroatoms. The SMILES string of the molecule is CC(C)C[C@H](NC(=O)Cc1cc2ccccc2n1C)C(=O)N[C@@H](C[C@@H]1CCCNC1=O)C(=O)C(=O)NCc1ccccc1. The lowest BCUT2D eigenvalue weighted by atomic mass is 9.89. The summed E-state index contributed by atoms with van der Waals surface area (Å²) in [5.41, 5.74) is 2.62. The first-order valence-corrected chi connectivity index (χ1v) is 14.9. The number of hydrogen-bond donors (Lipinski definition) is 4. The van der Waals surface area contributed by atoms with Crippen molar-refractivity contribution in [1.29, 1.82) is 0 Å². The molecule has 2 heterocycles. The van der Waals surface area contributed by atoms with Gasteiger partial charge in [0.05, 0.1) is 12.5 Å². The smallest absolute Gasteiger partial charge is 0.289 e. The van der Waals surface area contributed by atoms with E-state index in [1.165, 1.54) is 0 Å². The highest BCUT2D eigenvalue weighted by molar-refractivity contribution is 6.38. The summed E-state index contributed by atoms with van der Waals surface area (Å²) in [7, 11) is 1.89. The molecule has 43 heavy (non-hydrogen) atoms. The predicted octanol–water partition coefficient (Wildman–Crippen LogP) is 2.54. The number of aryl methyl sites for hydroxylation is 1. The number of piperidine rings is 1. The van der Waals surface area contributed by atoms with Gasteiger partial charge in [0.25, 0.3) is 5.91 Å². The van der Waals surface area contributed by atoms with Gasteiger partial charge in [-0.25, -0.2) is 0 Å². The van der Waals surface area contributed by atoms with E-state index in [4.69, 9.17) is 0 Å². The standard InChI is InChI=1S/C33H41N5O5/c1-21(2)16-27(36-29(39)19-25-17-23-12-7-8-14-28(23)38(25)3)32(42)37-26(18-24-13-9-15-34-31(24)41)30(40)33(43)35-20-22-10-5-4-6-11-22/h4-8,10-12,14,17,21,24,26-27H,9,13,15-16,18-20H2,1-3H3,(H,34,41)(H,35,43)(H,36,39)(H,37,42)/t24-,26-,27-/m0/s1. The molecule has 0 radical (unpaired) electrons. The largest absolute Gasteiger partial charge is 0.356 e. The van der Waals surface area contributed by atoms with Crippen LogP contribution in [0.15, 0.2) is 60.7 Å². The molecule has 2 aromatic carbocycles. The minimum atomic E-state index is -1.22. The number of nitrogens with one attached hydrogen (secondary N) is 4. The van der Waals surface area contributed by atoms with Crippen molar-refractivity contribution in [3.8, 4) is 0 Å². The second-order valence-corrected chi connectivity index (χ2v) is 11.6. The van der Waals surface area contributed by atoms with Gasteiger partial charge in [-0.1, -0.05) is 62.4 Å². The van der Waals surface area contributed by atoms with Crippen LogP contribution in [0, 0.1) is 11.8 Å². The Kier molecular flexibility index (Phi) is 10.7. The Morgan fingerprint density at radius 1 is 0.977 bits per heavy atom. The molecule has 0 unspecified atom stereocenters. The molecular weight excluding hydrogens is 546 g/mol. The molecule has 3 atom stereocenters. The van der Waals surface area contributed by atoms with E-state index in [2.05, 4.69) is 21.3 Å². The van der Waals surface area contributed by atoms with E-state index >= 15 is 0 Å². The van der Waals surface area contributed by atoms with Crippen molar-refractivity contribution in [2.75, 3.05) is 6.54 Å². The Bertz CT molecular complexity index is 1460. The normalized spacial score (nSPS) is 16.3. The number of carbonyl (C=O) groups excluding carboxylic acids is 5. The van der Waals surface area contributed by atoms with Crippen molar-refractivity contribution in [1.82, 2.24) is 25.8 Å². The monoisotopic (exact) mass is 587 g/mol. The summed E-state index contributed by atoms with van der Waals surface area (Å²) in [5, 5.41) is 12.0. The van der Waals surface area contributed by atoms with Crippen molar-refractivity contribution in [3.05, 3.63) is 71.9 Å². The first-order chi connectivity index (χ1) is 20.6. The number of amides is 4. The fourth-order valence-corrected chi connectivity index (χ4v) is 5.50. The summed E-state index contributed by atoms with van der Waals surface area (Å²) in [6, 6.07) is 16.8. The van der Waals surface area contributed by atoms with Crippen molar-refractivity contribution in [2.45, 2.75) is 64.6 Å². The van der Waals surface area contributed by atoms with Gasteiger partial charge in [0.2, 0.25) is 23.5 Å². The van der Waals surface area contributed by atoms with Crippen LogP contribution in [0.5, 0.6) is 0 Å². The molecule has 0 bridgehead atoms. The van der Waals surface area contributed by atoms with Crippen LogP contribution in [0.2, 0.25) is 0 Å². The van der Waals surface area contributed by atoms with Gasteiger partial charge in [-0.3, -0.25) is 24.0 Å². The molecule has 1 aromatic heterocycles. The first-order valence-electron chi connectivity index (χ1n) is 14.9. The molecule has 1 fully saturated rings. The van der Waals surface area contributed by atoms with Crippen molar-refractivity contribution in [3.63, 3.8) is 0 Å². The number of ketones is 1. The van der Waals surface area contributed by atoms with E-state index in [1.54, 1.807) is 0 Å². The van der Waals surface area contributed by atoms with Gasteiger partial charge in [0.1, 0.15) is 6.04 Å². The van der Waals surface area contributed by atoms with Crippen molar-refractivity contribution >= 4 is 40.3 Å². The van der Waals surface area contributed by atoms with Gasteiger partial charge in [-0.15, -0.1) is 0 Å². The Hall–Kier alpha value is -4.47. The quantitative estimate of drug-likeness (QED) is 0.228. The second kappa shape index (κ2) is 14.6. The fourth-order valence-electron chi connectivity index (χ4n) is 5.50. The van der Waals surface area contributed by atoms with Gasteiger partial charge in [0, 0.05) is 37.3 Å². The van der Waals surface area contributed by atoms with Crippen molar-refractivity contribution < 1.29 is 24.0 Å². The number of benzene rings is 2. The summed E-state index contributed by atoms with van der Waals surface area (Å²) in [6.07, 6.45) is 1.69. The summed E-state index contributed by atoms with van der Waals surface area (Å²) < 4.78 is 1.95. The molecule has 0 spiro atoms. The van der Waals surface area contributed by atoms with Crippen LogP contribution in [0.3, 0.4) is 0 Å². The molecule has 3 aromatic rings. The summed E-state index contributed by atoms with van der Waals surface area (Å²) >= 11 is 0. The molecule has 4 N–H and O–H groups in total. The molecule has 0 aliphatic carbocycles. The number of carbonyl (C=O) groups is 5. The lowest BCUT2D eigenvalue weighted by Crippen LogP contribution is -2.55. The zero-order valence-electron chi connectivity index (χ0n) is 25.0. The zero-order chi connectivity index (χ0) is 30.9.